The summed E-state index contributed by atoms with van der Waals surface area (Å²) in [6, 6.07) is 0. The average molecular weight is 138 g/mol. The van der Waals surface area contributed by atoms with Crippen molar-refractivity contribution < 1.29 is 0 Å². The molecule has 0 radical (unpaired) electrons. The van der Waals surface area contributed by atoms with Gasteiger partial charge in [0.1, 0.15) is 0 Å². The van der Waals surface area contributed by atoms with Crippen molar-refractivity contribution >= 4 is 6.72 Å². The van der Waals surface area contributed by atoms with Gasteiger partial charge in [-0.3, -0.25) is 5.01 Å². The van der Waals surface area contributed by atoms with Crippen molar-refractivity contribution in [3.63, 3.8) is 0 Å². The van der Waals surface area contributed by atoms with Crippen LogP contribution in [0.4, 0.5) is 0 Å². The van der Waals surface area contributed by atoms with Crippen LogP contribution in [-0.4, -0.2) is 18.3 Å². The van der Waals surface area contributed by atoms with Gasteiger partial charge in [0, 0.05) is 13.3 Å². The Hall–Kier alpha value is -1.05. The van der Waals surface area contributed by atoms with Crippen LogP contribution in [0.25, 0.3) is 0 Å². The molecular formula is C8H14N2. The fourth-order valence-corrected chi connectivity index (χ4v) is 0.736. The van der Waals surface area contributed by atoms with Crippen LogP contribution in [0.2, 0.25) is 0 Å². The first kappa shape index (κ1) is 8.95. The van der Waals surface area contributed by atoms with Gasteiger partial charge in [0.2, 0.25) is 0 Å². The number of hydrogen-bond acceptors (Lipinski definition) is 2. The molecule has 0 unspecified atom stereocenters. The third kappa shape index (κ3) is 2.05. The lowest BCUT2D eigenvalue weighted by atomic mass is 10.4. The predicted molar refractivity (Wildman–Crippen MR) is 45.9 cm³/mol. The summed E-state index contributed by atoms with van der Waals surface area (Å²) in [6.07, 6.45) is 3.71. The Balaban J connectivity index is 4.24. The molecule has 10 heavy (non-hydrogen) atoms. The van der Waals surface area contributed by atoms with Gasteiger partial charge >= 0.3 is 0 Å². The van der Waals surface area contributed by atoms with Crippen molar-refractivity contribution in [3.05, 3.63) is 24.4 Å². The van der Waals surface area contributed by atoms with Crippen LogP contribution in [0.3, 0.4) is 0 Å². The van der Waals surface area contributed by atoms with E-state index in [4.69, 9.17) is 0 Å². The molecule has 0 atom stereocenters. The second-order valence-corrected chi connectivity index (χ2v) is 1.77. The summed E-state index contributed by atoms with van der Waals surface area (Å²) in [5.74, 6) is 0. The molecule has 0 saturated carbocycles. The molecule has 0 saturated heterocycles. The summed E-state index contributed by atoms with van der Waals surface area (Å²) in [5, 5.41) is 5.58. The Morgan fingerprint density at radius 1 is 1.70 bits per heavy atom. The molecule has 0 rings (SSSR count). The second kappa shape index (κ2) is 4.79. The van der Waals surface area contributed by atoms with E-state index in [0.29, 0.717) is 0 Å². The quantitative estimate of drug-likeness (QED) is 0.329. The molecule has 0 aromatic rings. The topological polar surface area (TPSA) is 15.6 Å². The number of allylic oxidation sites excluding steroid dienone is 2. The average Bonchev–Trinajstić information content (AvgIpc) is 2.00. The summed E-state index contributed by atoms with van der Waals surface area (Å²) in [4.78, 5) is 0. The van der Waals surface area contributed by atoms with Gasteiger partial charge in [-0.05, 0) is 19.9 Å². The second-order valence-electron chi connectivity index (χ2n) is 1.77. The zero-order valence-corrected chi connectivity index (χ0v) is 6.67. The molecule has 0 fully saturated rings. The van der Waals surface area contributed by atoms with Crippen molar-refractivity contribution in [2.75, 3.05) is 6.54 Å². The molecule has 0 aliphatic carbocycles. The lowest BCUT2D eigenvalue weighted by Crippen LogP contribution is -2.13. The molecule has 0 amide bonds. The normalized spacial score (nSPS) is 10.8. The van der Waals surface area contributed by atoms with Crippen LogP contribution in [0.1, 0.15) is 13.8 Å². The molecule has 0 bridgehead atoms. The Labute approximate surface area is 62.5 Å². The van der Waals surface area contributed by atoms with Crippen molar-refractivity contribution in [2.24, 2.45) is 5.10 Å². The molecule has 2 heteroatoms. The van der Waals surface area contributed by atoms with Crippen LogP contribution in [0, 0.1) is 0 Å². The SMILES string of the molecule is C=C/C(=C/C)N(CC)N=C. The Kier molecular flexibility index (Phi) is 4.29. The third-order valence-electron chi connectivity index (χ3n) is 1.27. The van der Waals surface area contributed by atoms with Gasteiger partial charge in [0.25, 0.3) is 0 Å². The molecule has 0 aromatic carbocycles. The standard InChI is InChI=1S/C8H14N2/c1-5-8(6-2)10(7-3)9-4/h5-6H,1,4,7H2,2-3H3/b8-6-. The van der Waals surface area contributed by atoms with Crippen LogP contribution >= 0.6 is 0 Å². The zero-order valence-electron chi connectivity index (χ0n) is 6.67. The monoisotopic (exact) mass is 138 g/mol. The molecule has 0 N–H and O–H groups in total. The predicted octanol–water partition coefficient (Wildman–Crippen LogP) is 2.01. The smallest absolute Gasteiger partial charge is 0.0544 e. The Morgan fingerprint density at radius 3 is 2.40 bits per heavy atom. The van der Waals surface area contributed by atoms with Gasteiger partial charge in [-0.15, -0.1) is 0 Å². The molecule has 0 aliphatic heterocycles. The van der Waals surface area contributed by atoms with E-state index in [2.05, 4.69) is 18.4 Å². The van der Waals surface area contributed by atoms with E-state index in [1.54, 1.807) is 11.1 Å². The highest BCUT2D eigenvalue weighted by Gasteiger charge is 1.96. The zero-order chi connectivity index (χ0) is 7.98. The van der Waals surface area contributed by atoms with Gasteiger partial charge in [-0.2, -0.15) is 5.10 Å². The molecule has 2 nitrogen and oxygen atoms in total. The van der Waals surface area contributed by atoms with Gasteiger partial charge in [0.05, 0.1) is 5.70 Å². The summed E-state index contributed by atoms with van der Waals surface area (Å²) in [5.41, 5.74) is 0.998. The summed E-state index contributed by atoms with van der Waals surface area (Å²) in [7, 11) is 0. The van der Waals surface area contributed by atoms with E-state index in [0.717, 1.165) is 12.2 Å². The van der Waals surface area contributed by atoms with E-state index < -0.39 is 0 Å². The molecule has 0 spiro atoms. The van der Waals surface area contributed by atoms with E-state index in [9.17, 15) is 0 Å². The molecule has 56 valence electrons. The molecule has 0 aliphatic rings. The highest BCUT2D eigenvalue weighted by Crippen LogP contribution is 2.03. The highest BCUT2D eigenvalue weighted by atomic mass is 15.4. The summed E-state index contributed by atoms with van der Waals surface area (Å²) < 4.78 is 0. The first-order chi connectivity index (χ1) is 4.79. The van der Waals surface area contributed by atoms with Crippen molar-refractivity contribution in [1.82, 2.24) is 5.01 Å². The lowest BCUT2D eigenvalue weighted by Gasteiger charge is -2.15. The van der Waals surface area contributed by atoms with Crippen LogP contribution in [-0.2, 0) is 0 Å². The minimum atomic E-state index is 0.829. The number of nitrogens with zero attached hydrogens (tertiary/aromatic N) is 2. The minimum Gasteiger partial charge on any atom is -0.267 e. The highest BCUT2D eigenvalue weighted by molar-refractivity contribution is 5.25. The van der Waals surface area contributed by atoms with E-state index in [1.165, 1.54) is 0 Å². The number of hydrogen-bond donors (Lipinski definition) is 0. The molecular weight excluding hydrogens is 124 g/mol. The number of hydrazone groups is 1. The van der Waals surface area contributed by atoms with Gasteiger partial charge in [0.15, 0.2) is 0 Å². The number of likely N-dealkylation sites (N-methyl/N-ethyl adjacent to an activating group) is 1. The molecule has 0 heterocycles. The first-order valence-corrected chi connectivity index (χ1v) is 3.33. The summed E-state index contributed by atoms with van der Waals surface area (Å²) >= 11 is 0. The lowest BCUT2D eigenvalue weighted by molar-refractivity contribution is 0.400. The van der Waals surface area contributed by atoms with Crippen molar-refractivity contribution in [1.29, 1.82) is 0 Å². The fraction of sp³-hybridized carbons (Fsp3) is 0.375. The van der Waals surface area contributed by atoms with E-state index in [-0.39, 0.29) is 0 Å². The Bertz CT molecular complexity index is 147. The van der Waals surface area contributed by atoms with Crippen LogP contribution < -0.4 is 0 Å². The maximum absolute atomic E-state index is 3.79. The van der Waals surface area contributed by atoms with Crippen LogP contribution in [0.5, 0.6) is 0 Å². The van der Waals surface area contributed by atoms with E-state index >= 15 is 0 Å². The Morgan fingerprint density at radius 2 is 2.30 bits per heavy atom. The maximum Gasteiger partial charge on any atom is 0.0544 e. The summed E-state index contributed by atoms with van der Waals surface area (Å²) in [6.45, 7) is 11.9. The molecule has 0 aromatic heterocycles. The maximum atomic E-state index is 3.79. The third-order valence-corrected chi connectivity index (χ3v) is 1.27. The van der Waals surface area contributed by atoms with Gasteiger partial charge in [-0.25, -0.2) is 0 Å². The van der Waals surface area contributed by atoms with Crippen molar-refractivity contribution in [2.45, 2.75) is 13.8 Å². The van der Waals surface area contributed by atoms with Gasteiger partial charge < -0.3 is 0 Å². The largest absolute Gasteiger partial charge is 0.267 e. The first-order valence-electron chi connectivity index (χ1n) is 3.33. The van der Waals surface area contributed by atoms with E-state index in [1.807, 2.05) is 19.9 Å². The van der Waals surface area contributed by atoms with Gasteiger partial charge in [-0.1, -0.05) is 12.7 Å². The van der Waals surface area contributed by atoms with Crippen molar-refractivity contribution in [3.8, 4) is 0 Å². The minimum absolute atomic E-state index is 0.829. The van der Waals surface area contributed by atoms with Crippen LogP contribution in [0.15, 0.2) is 29.5 Å². The fourth-order valence-electron chi connectivity index (χ4n) is 0.736. The number of rotatable bonds is 4.